The highest BCUT2D eigenvalue weighted by Gasteiger charge is 2.13. The minimum absolute atomic E-state index is 0.194. The molecule has 1 saturated heterocycles. The van der Waals surface area contributed by atoms with Crippen LogP contribution in [-0.4, -0.2) is 66.9 Å². The molecule has 0 unspecified atom stereocenters. The molecule has 1 aliphatic rings. The van der Waals surface area contributed by atoms with Crippen LogP contribution < -0.4 is 10.2 Å². The normalized spacial score (nSPS) is 14.8. The molecule has 26 heavy (non-hydrogen) atoms. The van der Waals surface area contributed by atoms with Gasteiger partial charge in [-0.3, -0.25) is 9.69 Å². The number of hydrogen-bond donors (Lipinski definition) is 1. The van der Waals surface area contributed by atoms with Crippen LogP contribution in [0.25, 0.3) is 0 Å². The van der Waals surface area contributed by atoms with Gasteiger partial charge in [0.1, 0.15) is 0 Å². The first-order chi connectivity index (χ1) is 12.8. The zero-order valence-corrected chi connectivity index (χ0v) is 15.1. The van der Waals surface area contributed by atoms with Crippen LogP contribution in [0.2, 0.25) is 0 Å². The number of carbonyl (C=O) groups is 1. The summed E-state index contributed by atoms with van der Waals surface area (Å²) in [5, 5.41) is 11.2. The zero-order valence-electron chi connectivity index (χ0n) is 15.1. The van der Waals surface area contributed by atoms with E-state index in [9.17, 15) is 4.79 Å². The Balaban J connectivity index is 1.55. The average Bonchev–Trinajstić information content (AvgIpc) is 2.71. The second-order valence-corrected chi connectivity index (χ2v) is 6.07. The number of amides is 1. The number of aromatic nitrogens is 2. The lowest BCUT2D eigenvalue weighted by Crippen LogP contribution is -2.41. The van der Waals surface area contributed by atoms with E-state index in [1.807, 2.05) is 41.3 Å². The van der Waals surface area contributed by atoms with Crippen LogP contribution in [0.4, 0.5) is 11.5 Å². The van der Waals surface area contributed by atoms with E-state index in [1.165, 1.54) is 0 Å². The molecule has 1 aromatic heterocycles. The lowest BCUT2D eigenvalue weighted by Gasteiger charge is -2.26. The number of anilines is 2. The Morgan fingerprint density at radius 3 is 2.58 bits per heavy atom. The Morgan fingerprint density at radius 1 is 1.15 bits per heavy atom. The van der Waals surface area contributed by atoms with E-state index in [2.05, 4.69) is 27.3 Å². The lowest BCUT2D eigenvalue weighted by molar-refractivity contribution is 0.0383. The van der Waals surface area contributed by atoms with Gasteiger partial charge in [-0.25, -0.2) is 0 Å². The zero-order chi connectivity index (χ0) is 18.2. The maximum Gasteiger partial charge on any atom is 0.271 e. The first-order valence-corrected chi connectivity index (χ1v) is 9.02. The third-order valence-corrected chi connectivity index (χ3v) is 4.36. The number of ether oxygens (including phenoxy) is 1. The molecular weight excluding hydrogens is 330 g/mol. The molecule has 0 radical (unpaired) electrons. The van der Waals surface area contributed by atoms with Crippen molar-refractivity contribution in [2.45, 2.75) is 6.92 Å². The number of carbonyl (C=O) groups excluding carboxylic acids is 1. The predicted molar refractivity (Wildman–Crippen MR) is 101 cm³/mol. The second kappa shape index (κ2) is 9.26. The molecule has 3 rings (SSSR count). The summed E-state index contributed by atoms with van der Waals surface area (Å²) in [4.78, 5) is 16.6. The molecule has 1 aromatic carbocycles. The molecule has 138 valence electrons. The predicted octanol–water partition coefficient (Wildman–Crippen LogP) is 1.70. The highest BCUT2D eigenvalue weighted by molar-refractivity contribution is 5.92. The van der Waals surface area contributed by atoms with E-state index in [-0.39, 0.29) is 5.91 Å². The van der Waals surface area contributed by atoms with E-state index in [0.29, 0.717) is 12.2 Å². The Bertz CT molecular complexity index is 687. The number of nitrogens with one attached hydrogen (secondary N) is 1. The number of para-hydroxylation sites is 1. The van der Waals surface area contributed by atoms with Crippen molar-refractivity contribution in [3.05, 3.63) is 48.2 Å². The summed E-state index contributed by atoms with van der Waals surface area (Å²) in [6.45, 7) is 7.58. The fourth-order valence-corrected chi connectivity index (χ4v) is 2.92. The van der Waals surface area contributed by atoms with Crippen LogP contribution >= 0.6 is 0 Å². The average molecular weight is 355 g/mol. The van der Waals surface area contributed by atoms with Crippen LogP contribution in [0, 0.1) is 0 Å². The van der Waals surface area contributed by atoms with Crippen LogP contribution in [0.3, 0.4) is 0 Å². The molecule has 1 amide bonds. The van der Waals surface area contributed by atoms with Gasteiger partial charge in [0.05, 0.1) is 13.2 Å². The summed E-state index contributed by atoms with van der Waals surface area (Å²) < 4.78 is 5.32. The minimum Gasteiger partial charge on any atom is -0.379 e. The van der Waals surface area contributed by atoms with E-state index in [0.717, 1.165) is 50.9 Å². The van der Waals surface area contributed by atoms with Crippen molar-refractivity contribution in [3.8, 4) is 0 Å². The van der Waals surface area contributed by atoms with Gasteiger partial charge in [-0.05, 0) is 31.2 Å². The standard InChI is InChI=1S/C19H25N5O2/c1-2-24(16-6-4-3-5-7-16)18-9-8-17(21-22-18)19(25)20-10-11-23-12-14-26-15-13-23/h3-9H,2,10-15H2,1H3,(H,20,25). The lowest BCUT2D eigenvalue weighted by atomic mass is 10.2. The maximum atomic E-state index is 12.2. The number of benzene rings is 1. The van der Waals surface area contributed by atoms with Gasteiger partial charge >= 0.3 is 0 Å². The number of morpholine rings is 1. The molecule has 1 aliphatic heterocycles. The van der Waals surface area contributed by atoms with E-state index < -0.39 is 0 Å². The van der Waals surface area contributed by atoms with Gasteiger partial charge in [0.15, 0.2) is 11.5 Å². The molecule has 1 fully saturated rings. The van der Waals surface area contributed by atoms with Crippen molar-refractivity contribution in [3.63, 3.8) is 0 Å². The Labute approximate surface area is 154 Å². The number of hydrogen-bond acceptors (Lipinski definition) is 6. The number of nitrogens with zero attached hydrogens (tertiary/aromatic N) is 4. The van der Waals surface area contributed by atoms with E-state index in [1.54, 1.807) is 6.07 Å². The van der Waals surface area contributed by atoms with Gasteiger partial charge in [0, 0.05) is 38.4 Å². The number of rotatable bonds is 7. The van der Waals surface area contributed by atoms with Gasteiger partial charge < -0.3 is 15.0 Å². The third-order valence-electron chi connectivity index (χ3n) is 4.36. The molecule has 0 bridgehead atoms. The largest absolute Gasteiger partial charge is 0.379 e. The van der Waals surface area contributed by atoms with Crippen molar-refractivity contribution in [1.82, 2.24) is 20.4 Å². The molecule has 0 aliphatic carbocycles. The summed E-state index contributed by atoms with van der Waals surface area (Å²) in [6, 6.07) is 13.6. The Hall–Kier alpha value is -2.51. The molecule has 0 saturated carbocycles. The van der Waals surface area contributed by atoms with Gasteiger partial charge in [-0.15, -0.1) is 10.2 Å². The van der Waals surface area contributed by atoms with E-state index in [4.69, 9.17) is 4.74 Å². The van der Waals surface area contributed by atoms with Crippen molar-refractivity contribution < 1.29 is 9.53 Å². The molecule has 0 atom stereocenters. The molecule has 7 nitrogen and oxygen atoms in total. The highest BCUT2D eigenvalue weighted by Crippen LogP contribution is 2.22. The Kier molecular flexibility index (Phi) is 6.51. The van der Waals surface area contributed by atoms with Crippen LogP contribution in [0.15, 0.2) is 42.5 Å². The molecule has 1 N–H and O–H groups in total. The topological polar surface area (TPSA) is 70.6 Å². The van der Waals surface area contributed by atoms with Gasteiger partial charge in [-0.2, -0.15) is 0 Å². The molecule has 2 aromatic rings. The van der Waals surface area contributed by atoms with Crippen LogP contribution in [-0.2, 0) is 4.74 Å². The fourth-order valence-electron chi connectivity index (χ4n) is 2.92. The van der Waals surface area contributed by atoms with Gasteiger partial charge in [0.2, 0.25) is 0 Å². The van der Waals surface area contributed by atoms with Crippen molar-refractivity contribution in [2.24, 2.45) is 0 Å². The molecule has 0 spiro atoms. The van der Waals surface area contributed by atoms with Gasteiger partial charge in [-0.1, -0.05) is 18.2 Å². The fraction of sp³-hybridized carbons (Fsp3) is 0.421. The summed E-state index contributed by atoms with van der Waals surface area (Å²) >= 11 is 0. The quantitative estimate of drug-likeness (QED) is 0.815. The smallest absolute Gasteiger partial charge is 0.271 e. The second-order valence-electron chi connectivity index (χ2n) is 6.07. The third kappa shape index (κ3) is 4.77. The summed E-state index contributed by atoms with van der Waals surface area (Å²) in [5.41, 5.74) is 1.38. The van der Waals surface area contributed by atoms with Crippen molar-refractivity contribution in [2.75, 3.05) is 50.8 Å². The monoisotopic (exact) mass is 355 g/mol. The van der Waals surface area contributed by atoms with Crippen LogP contribution in [0.5, 0.6) is 0 Å². The highest BCUT2D eigenvalue weighted by atomic mass is 16.5. The summed E-state index contributed by atoms with van der Waals surface area (Å²) in [6.07, 6.45) is 0. The van der Waals surface area contributed by atoms with Gasteiger partial charge in [0.25, 0.3) is 5.91 Å². The molecule has 2 heterocycles. The molecule has 7 heteroatoms. The first kappa shape index (κ1) is 18.3. The van der Waals surface area contributed by atoms with Crippen LogP contribution in [0.1, 0.15) is 17.4 Å². The minimum atomic E-state index is -0.194. The van der Waals surface area contributed by atoms with Crippen molar-refractivity contribution in [1.29, 1.82) is 0 Å². The molecular formula is C19H25N5O2. The SMILES string of the molecule is CCN(c1ccccc1)c1ccc(C(=O)NCCN2CCOCC2)nn1. The first-order valence-electron chi connectivity index (χ1n) is 9.02. The Morgan fingerprint density at radius 2 is 1.92 bits per heavy atom. The summed E-state index contributed by atoms with van der Waals surface area (Å²) in [5.74, 6) is 0.531. The van der Waals surface area contributed by atoms with E-state index >= 15 is 0 Å². The maximum absolute atomic E-state index is 12.2. The summed E-state index contributed by atoms with van der Waals surface area (Å²) in [7, 11) is 0. The van der Waals surface area contributed by atoms with Crippen molar-refractivity contribution >= 4 is 17.4 Å².